The van der Waals surface area contributed by atoms with E-state index in [9.17, 15) is 0 Å². The Morgan fingerprint density at radius 1 is 1.20 bits per heavy atom. The molecule has 0 aliphatic carbocycles. The molecule has 0 bridgehead atoms. The summed E-state index contributed by atoms with van der Waals surface area (Å²) >= 11 is 0. The first-order chi connectivity index (χ1) is 4.84. The maximum absolute atomic E-state index is 5.24. The number of hydrogen-bond donors (Lipinski definition) is 0. The minimum absolute atomic E-state index is 0.707. The molecule has 2 heteroatoms. The molecule has 0 aliphatic rings. The van der Waals surface area contributed by atoms with E-state index >= 15 is 0 Å². The van der Waals surface area contributed by atoms with Crippen molar-refractivity contribution >= 4 is 14.2 Å². The van der Waals surface area contributed by atoms with E-state index in [-0.39, 0.29) is 0 Å². The van der Waals surface area contributed by atoms with Crippen molar-refractivity contribution in [3.63, 3.8) is 0 Å². The molecule has 0 saturated heterocycles. The Balaban J connectivity index is 2.75. The van der Waals surface area contributed by atoms with E-state index < -0.39 is 9.04 Å². The minimum Gasteiger partial charge on any atom is -0.415 e. The fourth-order valence-corrected chi connectivity index (χ4v) is 1.69. The van der Waals surface area contributed by atoms with Gasteiger partial charge in [-0.1, -0.05) is 30.3 Å². The molecule has 0 spiro atoms. The average Bonchev–Trinajstić information content (AvgIpc) is 2.05. The fraction of sp³-hybridized carbons (Fsp3) is 0.250. The largest absolute Gasteiger partial charge is 0.415 e. The van der Waals surface area contributed by atoms with Gasteiger partial charge in [-0.3, -0.25) is 0 Å². The zero-order chi connectivity index (χ0) is 7.40. The molecule has 10 heavy (non-hydrogen) atoms. The van der Waals surface area contributed by atoms with Crippen LogP contribution in [0.15, 0.2) is 30.3 Å². The maximum atomic E-state index is 5.24. The van der Waals surface area contributed by atoms with Crippen molar-refractivity contribution in [3.05, 3.63) is 30.3 Å². The van der Waals surface area contributed by atoms with Gasteiger partial charge in [0.15, 0.2) is 0 Å². The van der Waals surface area contributed by atoms with Gasteiger partial charge in [0, 0.05) is 7.11 Å². The van der Waals surface area contributed by atoms with E-state index in [1.807, 2.05) is 18.2 Å². The van der Waals surface area contributed by atoms with E-state index in [0.717, 1.165) is 0 Å². The van der Waals surface area contributed by atoms with Crippen molar-refractivity contribution < 1.29 is 4.43 Å². The third-order valence-electron chi connectivity index (χ3n) is 1.49. The van der Waals surface area contributed by atoms with Crippen LogP contribution in [0.5, 0.6) is 0 Å². The second-order valence-corrected chi connectivity index (χ2v) is 4.22. The fourth-order valence-electron chi connectivity index (χ4n) is 0.791. The van der Waals surface area contributed by atoms with Crippen LogP contribution >= 0.6 is 0 Å². The van der Waals surface area contributed by atoms with E-state index in [4.69, 9.17) is 4.43 Å². The highest BCUT2D eigenvalue weighted by Crippen LogP contribution is 1.87. The summed E-state index contributed by atoms with van der Waals surface area (Å²) in [6, 6.07) is 10.3. The lowest BCUT2D eigenvalue weighted by Crippen LogP contribution is -2.28. The van der Waals surface area contributed by atoms with Gasteiger partial charge in [0.05, 0.1) is 0 Å². The summed E-state index contributed by atoms with van der Waals surface area (Å²) in [5, 5.41) is 1.33. The Morgan fingerprint density at radius 2 is 1.80 bits per heavy atom. The SMILES string of the molecule is CO[Si](C)c1ccccc1. The summed E-state index contributed by atoms with van der Waals surface area (Å²) in [6.07, 6.45) is 0. The van der Waals surface area contributed by atoms with Crippen LogP contribution in [0.1, 0.15) is 0 Å². The predicted molar refractivity (Wildman–Crippen MR) is 44.7 cm³/mol. The van der Waals surface area contributed by atoms with Gasteiger partial charge >= 0.3 is 0 Å². The first kappa shape index (κ1) is 7.50. The average molecular weight is 151 g/mol. The van der Waals surface area contributed by atoms with E-state index in [1.54, 1.807) is 7.11 Å². The molecule has 1 aromatic rings. The zero-order valence-corrected chi connectivity index (χ0v) is 7.29. The maximum Gasteiger partial charge on any atom is 0.242 e. The summed E-state index contributed by atoms with van der Waals surface area (Å²) in [4.78, 5) is 0. The molecule has 0 heterocycles. The highest BCUT2D eigenvalue weighted by molar-refractivity contribution is 6.66. The lowest BCUT2D eigenvalue weighted by Gasteiger charge is -2.04. The molecule has 1 aromatic carbocycles. The molecular weight excluding hydrogens is 140 g/mol. The minimum atomic E-state index is -0.707. The van der Waals surface area contributed by atoms with Crippen molar-refractivity contribution in [1.82, 2.24) is 0 Å². The molecule has 0 amide bonds. The Morgan fingerprint density at radius 3 is 2.30 bits per heavy atom. The van der Waals surface area contributed by atoms with Crippen LogP contribution < -0.4 is 5.19 Å². The van der Waals surface area contributed by atoms with Gasteiger partial charge in [-0.25, -0.2) is 0 Å². The molecule has 0 fully saturated rings. The number of hydrogen-bond acceptors (Lipinski definition) is 1. The summed E-state index contributed by atoms with van der Waals surface area (Å²) < 4.78 is 5.24. The van der Waals surface area contributed by atoms with Gasteiger partial charge in [-0.2, -0.15) is 0 Å². The van der Waals surface area contributed by atoms with Crippen molar-refractivity contribution in [2.24, 2.45) is 0 Å². The second-order valence-electron chi connectivity index (χ2n) is 2.13. The van der Waals surface area contributed by atoms with Gasteiger partial charge in [-0.05, 0) is 11.7 Å². The molecule has 0 atom stereocenters. The molecule has 0 saturated carbocycles. The summed E-state index contributed by atoms with van der Waals surface area (Å²) in [6.45, 7) is 2.14. The Hall–Kier alpha value is -0.603. The summed E-state index contributed by atoms with van der Waals surface area (Å²) in [7, 11) is 1.06. The molecule has 0 aliphatic heterocycles. The van der Waals surface area contributed by atoms with Crippen LogP contribution in [-0.4, -0.2) is 16.2 Å². The van der Waals surface area contributed by atoms with Crippen molar-refractivity contribution in [2.45, 2.75) is 6.55 Å². The standard InChI is InChI=1S/C8H11OSi/c1-9-10(2)8-6-4-3-5-7-8/h3-7H,1-2H3. The quantitative estimate of drug-likeness (QED) is 0.576. The molecular formula is C8H11OSi. The molecule has 53 valence electrons. The third kappa shape index (κ3) is 1.69. The smallest absolute Gasteiger partial charge is 0.242 e. The number of rotatable bonds is 2. The lowest BCUT2D eigenvalue weighted by molar-refractivity contribution is 0.434. The first-order valence-electron chi connectivity index (χ1n) is 3.27. The number of benzene rings is 1. The van der Waals surface area contributed by atoms with Crippen LogP contribution in [0.3, 0.4) is 0 Å². The molecule has 0 unspecified atom stereocenters. The summed E-state index contributed by atoms with van der Waals surface area (Å²) in [5.41, 5.74) is 0. The normalized spacial score (nSPS) is 10.3. The van der Waals surface area contributed by atoms with Crippen molar-refractivity contribution in [2.75, 3.05) is 7.11 Å². The Kier molecular flexibility index (Phi) is 2.65. The molecule has 1 nitrogen and oxygen atoms in total. The van der Waals surface area contributed by atoms with Crippen molar-refractivity contribution in [1.29, 1.82) is 0 Å². The topological polar surface area (TPSA) is 9.23 Å². The molecule has 1 radical (unpaired) electrons. The van der Waals surface area contributed by atoms with E-state index in [2.05, 4.69) is 18.7 Å². The second kappa shape index (κ2) is 3.54. The van der Waals surface area contributed by atoms with Crippen LogP contribution in [0.2, 0.25) is 6.55 Å². The zero-order valence-electron chi connectivity index (χ0n) is 6.29. The Labute approximate surface area is 63.4 Å². The van der Waals surface area contributed by atoms with E-state index in [1.165, 1.54) is 5.19 Å². The highest BCUT2D eigenvalue weighted by atomic mass is 28.3. The summed E-state index contributed by atoms with van der Waals surface area (Å²) in [5.74, 6) is 0. The first-order valence-corrected chi connectivity index (χ1v) is 5.18. The third-order valence-corrected chi connectivity index (χ3v) is 3.25. The van der Waals surface area contributed by atoms with Gasteiger partial charge in [0.2, 0.25) is 9.04 Å². The van der Waals surface area contributed by atoms with Crippen LogP contribution in [-0.2, 0) is 4.43 Å². The molecule has 0 N–H and O–H groups in total. The molecule has 1 rings (SSSR count). The van der Waals surface area contributed by atoms with Crippen LogP contribution in [0.4, 0.5) is 0 Å². The van der Waals surface area contributed by atoms with Gasteiger partial charge in [-0.15, -0.1) is 0 Å². The monoisotopic (exact) mass is 151 g/mol. The van der Waals surface area contributed by atoms with E-state index in [0.29, 0.717) is 0 Å². The highest BCUT2D eigenvalue weighted by Gasteiger charge is 2.04. The lowest BCUT2D eigenvalue weighted by atomic mass is 10.4. The Bertz CT molecular complexity index is 186. The predicted octanol–water partition coefficient (Wildman–Crippen LogP) is 1.16. The van der Waals surface area contributed by atoms with Gasteiger partial charge in [0.1, 0.15) is 0 Å². The van der Waals surface area contributed by atoms with Gasteiger partial charge < -0.3 is 4.43 Å². The van der Waals surface area contributed by atoms with Crippen LogP contribution in [0, 0.1) is 0 Å². The molecule has 0 aromatic heterocycles. The van der Waals surface area contributed by atoms with Crippen LogP contribution in [0.25, 0.3) is 0 Å². The van der Waals surface area contributed by atoms with Crippen molar-refractivity contribution in [3.8, 4) is 0 Å². The van der Waals surface area contributed by atoms with Gasteiger partial charge in [0.25, 0.3) is 0 Å².